The van der Waals surface area contributed by atoms with Crippen molar-refractivity contribution in [3.8, 4) is 0 Å². The molecule has 13 atom stereocenters. The molecule has 32 heteroatoms. The van der Waals surface area contributed by atoms with Crippen molar-refractivity contribution in [3.05, 3.63) is 0 Å². The second-order valence-corrected chi connectivity index (χ2v) is 32.4. The topological polar surface area (TPSA) is 288 Å². The zero-order valence-electron chi connectivity index (χ0n) is 64.1. The van der Waals surface area contributed by atoms with E-state index in [0.29, 0.717) is 44.9 Å². The number of likely N-dealkylation sites (N-methyl/N-ethyl adjacent to an activating group) is 5. The summed E-state index contributed by atoms with van der Waals surface area (Å²) in [5.74, 6) is -14.3. The molecule has 7 fully saturated rings. The Morgan fingerprint density at radius 2 is 1.28 bits per heavy atom. The van der Waals surface area contributed by atoms with Crippen molar-refractivity contribution < 1.29 is 88.6 Å². The van der Waals surface area contributed by atoms with E-state index in [9.17, 15) is 55.1 Å². The number of fused-ring (bicyclic) bond motifs is 2. The van der Waals surface area contributed by atoms with Crippen LogP contribution >= 0.6 is 11.6 Å². The normalized spacial score (nSPS) is 31.2. The fourth-order valence-corrected chi connectivity index (χ4v) is 17.7. The van der Waals surface area contributed by atoms with Crippen LogP contribution in [0, 0.1) is 41.4 Å². The highest BCUT2D eigenvalue weighted by atomic mass is 35.5. The third-order valence-corrected chi connectivity index (χ3v) is 24.1. The second kappa shape index (κ2) is 37.7. The number of nitrogens with zero attached hydrogens (tertiary/aromatic N) is 8. The summed E-state index contributed by atoms with van der Waals surface area (Å²) in [5, 5.41) is 10.2. The van der Waals surface area contributed by atoms with Gasteiger partial charge in [0.25, 0.3) is 0 Å². The second-order valence-electron chi connectivity index (χ2n) is 31.9. The van der Waals surface area contributed by atoms with Gasteiger partial charge >= 0.3 is 12.4 Å². The molecule has 106 heavy (non-hydrogen) atoms. The van der Waals surface area contributed by atoms with Crippen molar-refractivity contribution >= 4 is 82.5 Å². The molecule has 3 aliphatic heterocycles. The minimum atomic E-state index is -4.57. The summed E-state index contributed by atoms with van der Waals surface area (Å²) < 4.78 is 90.7. The average molecular weight is 1530 g/mol. The number of carbonyl (C=O) groups excluding carboxylic acids is 12. The average Bonchev–Trinajstić information content (AvgIpc) is 1.42. The molecule has 7 aliphatic rings. The number of hydrogen-bond acceptors (Lipinski definition) is 13. The first-order valence-electron chi connectivity index (χ1n) is 38.5. The first-order chi connectivity index (χ1) is 49.8. The molecular formula is C74H117ClF6N12O13. The molecule has 3 heterocycles. The Morgan fingerprint density at radius 1 is 0.651 bits per heavy atom. The number of alkyl halides is 7. The maximum Gasteiger partial charge on any atom is 0.393 e. The summed E-state index contributed by atoms with van der Waals surface area (Å²) in [7, 11) is 8.36. The molecule has 4 N–H and O–H groups in total. The molecule has 0 aromatic rings. The molecule has 7 rings (SSSR count). The highest BCUT2D eigenvalue weighted by molar-refractivity contribution is 6.21. The maximum absolute atomic E-state index is 15.6. The van der Waals surface area contributed by atoms with Gasteiger partial charge in [-0.05, 0) is 146 Å². The first kappa shape index (κ1) is 86.7. The standard InChI is InChI=1S/C74H117ClF6N12O13/c1-13-33-92-57(37-46-22-26-48(27-23-46)73(76,77)78)68(102)87(9)41-58(94)82-52(29-25-45-24-28-50(51(75)36-45)74(79,80)81)67(101)93-40-49(106-15-3)38-56(93)64(98)85-72(31-18-19-32-72)71(105)90(12)62(47-20-16-17-21-47)65(99)83-53(66(100)86(7)8)39-59(95)89(11)55(35-43(4)5)63(97)84-61(44(6)14-2)70(104)88(10)42-60(96)91-34-30-54(91)69(92)103/h43-57,61-62H,13-42H2,1-12H3,(H,82,94)(H,83,99)(H,84,97)(H,85,98)/t44-,45?,46?,48?,49+,50?,51?,52-,53-,54-,55-,56-,57-,61-,62-/m0/s1. The Hall–Kier alpha value is -6.53. The lowest BCUT2D eigenvalue weighted by molar-refractivity contribution is -0.184. The molecule has 1 spiro atoms. The van der Waals surface area contributed by atoms with E-state index >= 15 is 28.8 Å². The lowest BCUT2D eigenvalue weighted by Crippen LogP contribution is -2.65. The lowest BCUT2D eigenvalue weighted by atomic mass is 9.78. The fraction of sp³-hybridized carbons (Fsp3) is 0.838. The van der Waals surface area contributed by atoms with Crippen LogP contribution in [0.25, 0.3) is 0 Å². The molecule has 0 bridgehead atoms. The van der Waals surface area contributed by atoms with Crippen molar-refractivity contribution in [2.24, 2.45) is 41.4 Å². The summed E-state index contributed by atoms with van der Waals surface area (Å²) in [6, 6.07) is -10.7. The van der Waals surface area contributed by atoms with Crippen LogP contribution in [0.1, 0.15) is 196 Å². The van der Waals surface area contributed by atoms with E-state index in [1.54, 1.807) is 27.7 Å². The molecule has 25 nitrogen and oxygen atoms in total. The Bertz CT molecular complexity index is 3110. The van der Waals surface area contributed by atoms with Gasteiger partial charge in [0.2, 0.25) is 70.9 Å². The Kier molecular flexibility index (Phi) is 30.9. The monoisotopic (exact) mass is 1530 g/mol. The summed E-state index contributed by atoms with van der Waals surface area (Å²) in [4.78, 5) is 190. The lowest BCUT2D eigenvalue weighted by Gasteiger charge is -2.45. The molecular weight excluding hydrogens is 1410 g/mol. The molecule has 12 amide bonds. The van der Waals surface area contributed by atoms with Crippen molar-refractivity contribution in [1.29, 1.82) is 0 Å². The molecule has 0 aromatic carbocycles. The van der Waals surface area contributed by atoms with Crippen LogP contribution in [0.2, 0.25) is 0 Å². The van der Waals surface area contributed by atoms with E-state index in [-0.39, 0.29) is 135 Å². The van der Waals surface area contributed by atoms with Gasteiger partial charge in [-0.2, -0.15) is 26.3 Å². The van der Waals surface area contributed by atoms with Crippen LogP contribution in [-0.4, -0.2) is 269 Å². The molecule has 3 saturated heterocycles. The first-order valence-corrected chi connectivity index (χ1v) is 39.0. The predicted octanol–water partition coefficient (Wildman–Crippen LogP) is 6.55. The summed E-state index contributed by atoms with van der Waals surface area (Å²) in [6.07, 6.45) is -7.08. The molecule has 0 radical (unpaired) electrons. The van der Waals surface area contributed by atoms with Gasteiger partial charge in [0.1, 0.15) is 53.9 Å². The van der Waals surface area contributed by atoms with Crippen LogP contribution in [-0.2, 0) is 62.3 Å². The van der Waals surface area contributed by atoms with E-state index in [1.807, 2.05) is 13.8 Å². The van der Waals surface area contributed by atoms with Crippen molar-refractivity contribution in [2.45, 2.75) is 273 Å². The number of nitrogens with one attached hydrogen (secondary N) is 4. The molecule has 600 valence electrons. The zero-order chi connectivity index (χ0) is 78.6. The number of hydrogen-bond donors (Lipinski definition) is 4. The van der Waals surface area contributed by atoms with Crippen LogP contribution in [0.5, 0.6) is 0 Å². The van der Waals surface area contributed by atoms with Crippen LogP contribution < -0.4 is 21.3 Å². The Morgan fingerprint density at radius 3 is 1.84 bits per heavy atom. The largest absolute Gasteiger partial charge is 0.393 e. The van der Waals surface area contributed by atoms with Gasteiger partial charge in [-0.15, -0.1) is 11.6 Å². The molecule has 0 aromatic heterocycles. The third kappa shape index (κ3) is 21.5. The predicted molar refractivity (Wildman–Crippen MR) is 381 cm³/mol. The maximum atomic E-state index is 15.6. The minimum Gasteiger partial charge on any atom is -0.377 e. The van der Waals surface area contributed by atoms with Crippen molar-refractivity contribution in [2.75, 3.05) is 81.6 Å². The van der Waals surface area contributed by atoms with Crippen LogP contribution in [0.3, 0.4) is 0 Å². The molecule has 4 aliphatic carbocycles. The van der Waals surface area contributed by atoms with Crippen molar-refractivity contribution in [3.63, 3.8) is 0 Å². The van der Waals surface area contributed by atoms with E-state index in [2.05, 4.69) is 21.3 Å². The number of rotatable bonds is 15. The van der Waals surface area contributed by atoms with Gasteiger partial charge in [-0.25, -0.2) is 0 Å². The zero-order valence-corrected chi connectivity index (χ0v) is 64.8. The van der Waals surface area contributed by atoms with Gasteiger partial charge in [-0.3, -0.25) is 57.5 Å². The van der Waals surface area contributed by atoms with Gasteiger partial charge in [0.15, 0.2) is 0 Å². The number of amides is 12. The minimum absolute atomic E-state index is 0.0470. The third-order valence-electron chi connectivity index (χ3n) is 23.6. The van der Waals surface area contributed by atoms with Crippen molar-refractivity contribution in [1.82, 2.24) is 60.5 Å². The van der Waals surface area contributed by atoms with E-state index in [0.717, 1.165) is 9.80 Å². The molecule has 4 saturated carbocycles. The quantitative estimate of drug-likeness (QED) is 0.100. The summed E-state index contributed by atoms with van der Waals surface area (Å²) in [6.45, 7) is 9.23. The summed E-state index contributed by atoms with van der Waals surface area (Å²) in [5.41, 5.74) is -1.65. The Labute approximate surface area is 625 Å². The number of ether oxygens (including phenoxy) is 1. The van der Waals surface area contributed by atoms with Gasteiger partial charge in [0.05, 0.1) is 37.5 Å². The van der Waals surface area contributed by atoms with Gasteiger partial charge in [0, 0.05) is 80.3 Å². The van der Waals surface area contributed by atoms with Crippen LogP contribution in [0.4, 0.5) is 26.3 Å². The number of carbonyl (C=O) groups is 12. The van der Waals surface area contributed by atoms with E-state index in [1.165, 1.54) is 71.7 Å². The summed E-state index contributed by atoms with van der Waals surface area (Å²) >= 11 is 6.42. The van der Waals surface area contributed by atoms with Gasteiger partial charge in [-0.1, -0.05) is 66.7 Å². The van der Waals surface area contributed by atoms with E-state index < -0.39 is 204 Å². The number of halogens is 7. The van der Waals surface area contributed by atoms with Crippen LogP contribution in [0.15, 0.2) is 0 Å². The Balaban J connectivity index is 1.31. The molecule has 3 unspecified atom stereocenters. The van der Waals surface area contributed by atoms with E-state index in [4.69, 9.17) is 16.3 Å². The smallest absolute Gasteiger partial charge is 0.377 e. The fourth-order valence-electron chi connectivity index (χ4n) is 17.1. The highest BCUT2D eigenvalue weighted by Gasteiger charge is 2.54. The van der Waals surface area contributed by atoms with Gasteiger partial charge < -0.3 is 65.2 Å². The SMILES string of the molecule is CCCN1C(=O)[C@@H]2CCN2C(=O)CN(C)C(=O)[C@H]([C@@H](C)CC)NC(=O)[C@H](CC(C)C)N(C)C(=O)C[C@@H](C(=O)N(C)C)NC(=O)[C@H](C2CCCC2)N(C)C(=O)C2(CCCC2)NC(=O)[C@@H]2C[C@@H](OCC)CN2C(=O)[C@H](CCC2CCC(C(F)(F)F)C(Cl)C2)NC(=O)CN(C)C(=O)[C@@H]1CC1CCC(C(F)(F)F)CC1. The highest BCUT2D eigenvalue weighted by Crippen LogP contribution is 2.45.